The molecule has 1 aromatic carbocycles. The standard InChI is InChI=1S/C17H26N2O3/c1-4-17(3)12-19(9-10-22-17)16(21)18-13(2)11-14-5-7-15(20)8-6-14/h5-8,13,20H,4,9-12H2,1-3H3,(H,18,21)/t13-,17+/m1/s1. The van der Waals surface area contributed by atoms with Crippen molar-refractivity contribution in [3.8, 4) is 5.75 Å². The zero-order chi connectivity index (χ0) is 16.2. The number of carbonyl (C=O) groups excluding carboxylic acids is 1. The molecule has 0 radical (unpaired) electrons. The maximum atomic E-state index is 12.4. The van der Waals surface area contributed by atoms with E-state index in [9.17, 15) is 9.90 Å². The van der Waals surface area contributed by atoms with E-state index >= 15 is 0 Å². The van der Waals surface area contributed by atoms with Crippen molar-refractivity contribution < 1.29 is 14.6 Å². The number of nitrogens with zero attached hydrogens (tertiary/aromatic N) is 1. The number of benzene rings is 1. The van der Waals surface area contributed by atoms with Crippen LogP contribution in [0.5, 0.6) is 5.75 Å². The van der Waals surface area contributed by atoms with E-state index < -0.39 is 0 Å². The van der Waals surface area contributed by atoms with Crippen molar-refractivity contribution in [2.24, 2.45) is 0 Å². The van der Waals surface area contributed by atoms with E-state index in [0.29, 0.717) is 19.7 Å². The molecular weight excluding hydrogens is 280 g/mol. The molecule has 1 aromatic rings. The van der Waals surface area contributed by atoms with Gasteiger partial charge in [-0.1, -0.05) is 19.1 Å². The molecule has 2 rings (SSSR count). The minimum absolute atomic E-state index is 0.0331. The molecule has 1 heterocycles. The van der Waals surface area contributed by atoms with Crippen molar-refractivity contribution in [2.75, 3.05) is 19.7 Å². The number of aromatic hydroxyl groups is 1. The first-order valence-electron chi connectivity index (χ1n) is 7.89. The molecule has 0 aromatic heterocycles. The van der Waals surface area contributed by atoms with Gasteiger partial charge in [-0.25, -0.2) is 4.79 Å². The van der Waals surface area contributed by atoms with Crippen molar-refractivity contribution >= 4 is 6.03 Å². The van der Waals surface area contributed by atoms with Gasteiger partial charge in [0.2, 0.25) is 0 Å². The molecule has 5 heteroatoms. The lowest BCUT2D eigenvalue weighted by atomic mass is 10.0. The number of phenolic OH excluding ortho intramolecular Hbond substituents is 1. The van der Waals surface area contributed by atoms with Crippen molar-refractivity contribution in [1.29, 1.82) is 0 Å². The second-order valence-corrected chi connectivity index (χ2v) is 6.29. The van der Waals surface area contributed by atoms with Gasteiger partial charge in [-0.3, -0.25) is 0 Å². The number of morpholine rings is 1. The Labute approximate surface area is 132 Å². The minimum atomic E-state index is -0.240. The van der Waals surface area contributed by atoms with E-state index in [1.165, 1.54) is 0 Å². The highest BCUT2D eigenvalue weighted by Crippen LogP contribution is 2.21. The average Bonchev–Trinajstić information content (AvgIpc) is 2.49. The summed E-state index contributed by atoms with van der Waals surface area (Å²) in [6.07, 6.45) is 1.63. The van der Waals surface area contributed by atoms with Crippen LogP contribution in [-0.4, -0.2) is 47.4 Å². The monoisotopic (exact) mass is 306 g/mol. The van der Waals surface area contributed by atoms with Crippen LogP contribution < -0.4 is 5.32 Å². The highest BCUT2D eigenvalue weighted by atomic mass is 16.5. The van der Waals surface area contributed by atoms with Gasteiger partial charge < -0.3 is 20.1 Å². The summed E-state index contributed by atoms with van der Waals surface area (Å²) in [5.74, 6) is 0.257. The van der Waals surface area contributed by atoms with Gasteiger partial charge in [0.1, 0.15) is 5.75 Å². The van der Waals surface area contributed by atoms with E-state index in [4.69, 9.17) is 4.74 Å². The zero-order valence-electron chi connectivity index (χ0n) is 13.6. The van der Waals surface area contributed by atoms with E-state index in [1.807, 2.05) is 30.9 Å². The van der Waals surface area contributed by atoms with Crippen LogP contribution in [0.2, 0.25) is 0 Å². The topological polar surface area (TPSA) is 61.8 Å². The van der Waals surface area contributed by atoms with Crippen LogP contribution in [0.4, 0.5) is 4.79 Å². The van der Waals surface area contributed by atoms with E-state index in [0.717, 1.165) is 18.4 Å². The smallest absolute Gasteiger partial charge is 0.317 e. The average molecular weight is 306 g/mol. The third kappa shape index (κ3) is 4.37. The zero-order valence-corrected chi connectivity index (χ0v) is 13.6. The summed E-state index contributed by atoms with van der Waals surface area (Å²) in [6, 6.07) is 7.08. The van der Waals surface area contributed by atoms with Crippen LogP contribution >= 0.6 is 0 Å². The molecule has 0 spiro atoms. The molecule has 0 unspecified atom stereocenters. The maximum Gasteiger partial charge on any atom is 0.317 e. The van der Waals surface area contributed by atoms with E-state index in [1.54, 1.807) is 12.1 Å². The molecule has 5 nitrogen and oxygen atoms in total. The summed E-state index contributed by atoms with van der Waals surface area (Å²) in [7, 11) is 0. The third-order valence-corrected chi connectivity index (χ3v) is 4.22. The Bertz CT molecular complexity index is 503. The lowest BCUT2D eigenvalue weighted by Gasteiger charge is -2.40. The molecule has 1 aliphatic heterocycles. The van der Waals surface area contributed by atoms with Crippen LogP contribution in [-0.2, 0) is 11.2 Å². The number of hydrogen-bond acceptors (Lipinski definition) is 3. The second-order valence-electron chi connectivity index (χ2n) is 6.29. The molecule has 2 N–H and O–H groups in total. The Morgan fingerprint density at radius 2 is 2.14 bits per heavy atom. The molecule has 122 valence electrons. The molecule has 1 fully saturated rings. The number of ether oxygens (including phenoxy) is 1. The molecule has 0 saturated carbocycles. The Morgan fingerprint density at radius 1 is 1.45 bits per heavy atom. The fraction of sp³-hybridized carbons (Fsp3) is 0.588. The van der Waals surface area contributed by atoms with Gasteiger partial charge in [0.25, 0.3) is 0 Å². The van der Waals surface area contributed by atoms with Crippen LogP contribution in [0, 0.1) is 0 Å². The Balaban J connectivity index is 1.86. The van der Waals surface area contributed by atoms with Crippen molar-refractivity contribution in [3.05, 3.63) is 29.8 Å². The van der Waals surface area contributed by atoms with Crippen molar-refractivity contribution in [1.82, 2.24) is 10.2 Å². The molecular formula is C17H26N2O3. The van der Waals surface area contributed by atoms with Crippen LogP contribution in [0.3, 0.4) is 0 Å². The number of rotatable bonds is 4. The Morgan fingerprint density at radius 3 is 2.77 bits per heavy atom. The molecule has 1 aliphatic rings. The molecule has 0 aliphatic carbocycles. The van der Waals surface area contributed by atoms with Crippen molar-refractivity contribution in [2.45, 2.75) is 45.3 Å². The highest BCUT2D eigenvalue weighted by molar-refractivity contribution is 5.74. The molecule has 0 bridgehead atoms. The van der Waals surface area contributed by atoms with Crippen LogP contribution in [0.15, 0.2) is 24.3 Å². The summed E-state index contributed by atoms with van der Waals surface area (Å²) < 4.78 is 5.76. The van der Waals surface area contributed by atoms with E-state index in [2.05, 4.69) is 12.2 Å². The summed E-state index contributed by atoms with van der Waals surface area (Å²) in [6.45, 7) is 7.96. The molecule has 2 amide bonds. The van der Waals surface area contributed by atoms with Gasteiger partial charge in [0.05, 0.1) is 18.8 Å². The lowest BCUT2D eigenvalue weighted by Crippen LogP contribution is -2.55. The summed E-state index contributed by atoms with van der Waals surface area (Å²) >= 11 is 0. The summed E-state index contributed by atoms with van der Waals surface area (Å²) in [4.78, 5) is 14.2. The first-order valence-corrected chi connectivity index (χ1v) is 7.89. The van der Waals surface area contributed by atoms with Gasteiger partial charge in [-0.05, 0) is 44.4 Å². The predicted octanol–water partition coefficient (Wildman–Crippen LogP) is 2.53. The van der Waals surface area contributed by atoms with Gasteiger partial charge in [0.15, 0.2) is 0 Å². The quantitative estimate of drug-likeness (QED) is 0.898. The number of amides is 2. The summed E-state index contributed by atoms with van der Waals surface area (Å²) in [5, 5.41) is 12.3. The largest absolute Gasteiger partial charge is 0.508 e. The maximum absolute atomic E-state index is 12.4. The first-order chi connectivity index (χ1) is 10.4. The molecule has 2 atom stereocenters. The van der Waals surface area contributed by atoms with Gasteiger partial charge in [-0.2, -0.15) is 0 Å². The number of carbonyl (C=O) groups is 1. The SMILES string of the molecule is CC[C@@]1(C)CN(C(=O)N[C@H](C)Cc2ccc(O)cc2)CCO1. The molecule has 1 saturated heterocycles. The number of urea groups is 1. The normalized spacial score (nSPS) is 23.1. The lowest BCUT2D eigenvalue weighted by molar-refractivity contribution is -0.0874. The van der Waals surface area contributed by atoms with E-state index in [-0.39, 0.29) is 23.4 Å². The minimum Gasteiger partial charge on any atom is -0.508 e. The van der Waals surface area contributed by atoms with Crippen molar-refractivity contribution in [3.63, 3.8) is 0 Å². The van der Waals surface area contributed by atoms with Crippen LogP contribution in [0.1, 0.15) is 32.8 Å². The fourth-order valence-corrected chi connectivity index (χ4v) is 2.66. The first kappa shape index (κ1) is 16.6. The fourth-order valence-electron chi connectivity index (χ4n) is 2.66. The van der Waals surface area contributed by atoms with Gasteiger partial charge in [-0.15, -0.1) is 0 Å². The Kier molecular flexibility index (Phi) is 5.29. The van der Waals surface area contributed by atoms with Crippen LogP contribution in [0.25, 0.3) is 0 Å². The third-order valence-electron chi connectivity index (χ3n) is 4.22. The van der Waals surface area contributed by atoms with Gasteiger partial charge in [0, 0.05) is 12.6 Å². The number of phenols is 1. The number of nitrogens with one attached hydrogen (secondary N) is 1. The number of hydrogen-bond donors (Lipinski definition) is 2. The summed E-state index contributed by atoms with van der Waals surface area (Å²) in [5.41, 5.74) is 0.849. The molecule has 22 heavy (non-hydrogen) atoms. The highest BCUT2D eigenvalue weighted by Gasteiger charge is 2.32. The second kappa shape index (κ2) is 7.01. The Hall–Kier alpha value is -1.75. The predicted molar refractivity (Wildman–Crippen MR) is 86.0 cm³/mol. The van der Waals surface area contributed by atoms with Gasteiger partial charge >= 0.3 is 6.03 Å².